The van der Waals surface area contributed by atoms with E-state index in [4.69, 9.17) is 0 Å². The zero-order valence-electron chi connectivity index (χ0n) is 11.5. The smallest absolute Gasteiger partial charge is 0.133 e. The highest BCUT2D eigenvalue weighted by Crippen LogP contribution is 2.26. The fraction of sp³-hybridized carbons (Fsp3) is 0.400. The van der Waals surface area contributed by atoms with Gasteiger partial charge in [0.05, 0.1) is 5.69 Å². The molecule has 1 aliphatic heterocycles. The number of hydrogen-bond acceptors (Lipinski definition) is 4. The molecule has 1 saturated heterocycles. The van der Waals surface area contributed by atoms with Gasteiger partial charge < -0.3 is 5.32 Å². The first kappa shape index (κ1) is 13.7. The monoisotopic (exact) mass is 291 g/mol. The van der Waals surface area contributed by atoms with E-state index in [2.05, 4.69) is 22.1 Å². The fourth-order valence-electron chi connectivity index (χ4n) is 2.46. The molecule has 0 bridgehead atoms. The molecule has 1 aromatic carbocycles. The van der Waals surface area contributed by atoms with Gasteiger partial charge in [-0.2, -0.15) is 0 Å². The highest BCUT2D eigenvalue weighted by atomic mass is 32.1. The van der Waals surface area contributed by atoms with Gasteiger partial charge in [0.25, 0.3) is 0 Å². The second-order valence-corrected chi connectivity index (χ2v) is 6.01. The lowest BCUT2D eigenvalue weighted by Crippen LogP contribution is -2.49. The van der Waals surface area contributed by atoms with Crippen molar-refractivity contribution in [3.05, 3.63) is 41.2 Å². The lowest BCUT2D eigenvalue weighted by atomic mass is 10.2. The standard InChI is InChI=1S/C15H18FN3S/c1-11-8-17-6-7-19(11)9-12-10-20-15(18-12)13-4-2-3-5-14(13)16/h2-5,10-11,17H,6-9H2,1H3/t11-/m1/s1. The molecule has 3 rings (SSSR count). The Morgan fingerprint density at radius 3 is 3.10 bits per heavy atom. The summed E-state index contributed by atoms with van der Waals surface area (Å²) in [5.41, 5.74) is 1.62. The van der Waals surface area contributed by atoms with Gasteiger partial charge in [-0.15, -0.1) is 11.3 Å². The molecule has 20 heavy (non-hydrogen) atoms. The van der Waals surface area contributed by atoms with Crippen LogP contribution in [-0.2, 0) is 6.54 Å². The summed E-state index contributed by atoms with van der Waals surface area (Å²) in [6, 6.07) is 7.33. The zero-order valence-corrected chi connectivity index (χ0v) is 12.3. The van der Waals surface area contributed by atoms with E-state index in [0.717, 1.165) is 36.9 Å². The van der Waals surface area contributed by atoms with Crippen LogP contribution in [0.3, 0.4) is 0 Å². The van der Waals surface area contributed by atoms with Crippen LogP contribution in [0.2, 0.25) is 0 Å². The van der Waals surface area contributed by atoms with Crippen molar-refractivity contribution in [2.24, 2.45) is 0 Å². The van der Waals surface area contributed by atoms with Crippen LogP contribution in [0.4, 0.5) is 4.39 Å². The molecular formula is C15H18FN3S. The van der Waals surface area contributed by atoms with Crippen LogP contribution >= 0.6 is 11.3 Å². The maximum absolute atomic E-state index is 13.8. The Morgan fingerprint density at radius 2 is 2.30 bits per heavy atom. The van der Waals surface area contributed by atoms with Gasteiger partial charge >= 0.3 is 0 Å². The van der Waals surface area contributed by atoms with E-state index >= 15 is 0 Å². The summed E-state index contributed by atoms with van der Waals surface area (Å²) in [4.78, 5) is 7.00. The normalized spacial score (nSPS) is 20.2. The van der Waals surface area contributed by atoms with E-state index in [0.29, 0.717) is 11.6 Å². The highest BCUT2D eigenvalue weighted by molar-refractivity contribution is 7.13. The van der Waals surface area contributed by atoms with Crippen molar-refractivity contribution in [1.29, 1.82) is 0 Å². The lowest BCUT2D eigenvalue weighted by Gasteiger charge is -2.33. The molecule has 2 aromatic rings. The van der Waals surface area contributed by atoms with Gasteiger partial charge in [-0.3, -0.25) is 4.90 Å². The van der Waals surface area contributed by atoms with Gasteiger partial charge in [-0.1, -0.05) is 12.1 Å². The number of hydrogen-bond donors (Lipinski definition) is 1. The molecule has 1 fully saturated rings. The number of piperazine rings is 1. The van der Waals surface area contributed by atoms with Gasteiger partial charge in [-0.05, 0) is 19.1 Å². The summed E-state index contributed by atoms with van der Waals surface area (Å²) in [6.45, 7) is 6.14. The molecular weight excluding hydrogens is 273 g/mol. The topological polar surface area (TPSA) is 28.2 Å². The lowest BCUT2D eigenvalue weighted by molar-refractivity contribution is 0.164. The predicted molar refractivity (Wildman–Crippen MR) is 80.2 cm³/mol. The van der Waals surface area contributed by atoms with Crippen LogP contribution in [0.5, 0.6) is 0 Å². The minimum Gasteiger partial charge on any atom is -0.314 e. The SMILES string of the molecule is C[C@@H]1CNCCN1Cc1csc(-c2ccccc2F)n1. The number of nitrogens with one attached hydrogen (secondary N) is 1. The van der Waals surface area contributed by atoms with Crippen molar-refractivity contribution in [1.82, 2.24) is 15.2 Å². The Kier molecular flexibility index (Phi) is 4.10. The molecule has 0 saturated carbocycles. The Hall–Kier alpha value is -1.30. The third kappa shape index (κ3) is 2.90. The molecule has 1 aromatic heterocycles. The van der Waals surface area contributed by atoms with Gasteiger partial charge in [0.2, 0.25) is 0 Å². The fourth-order valence-corrected chi connectivity index (χ4v) is 3.30. The van der Waals surface area contributed by atoms with Crippen molar-refractivity contribution >= 4 is 11.3 Å². The average molecular weight is 291 g/mol. The Bertz CT molecular complexity index is 584. The van der Waals surface area contributed by atoms with Crippen LogP contribution in [0.1, 0.15) is 12.6 Å². The van der Waals surface area contributed by atoms with Gasteiger partial charge in [0, 0.05) is 43.2 Å². The van der Waals surface area contributed by atoms with E-state index < -0.39 is 0 Å². The van der Waals surface area contributed by atoms with Crippen LogP contribution in [0.15, 0.2) is 29.6 Å². The third-order valence-corrected chi connectivity index (χ3v) is 4.58. The van der Waals surface area contributed by atoms with E-state index in [1.807, 2.05) is 11.4 Å². The van der Waals surface area contributed by atoms with Gasteiger partial charge in [0.1, 0.15) is 10.8 Å². The molecule has 1 atom stereocenters. The molecule has 1 aliphatic rings. The first-order chi connectivity index (χ1) is 9.74. The van der Waals surface area contributed by atoms with Crippen LogP contribution in [-0.4, -0.2) is 35.6 Å². The maximum Gasteiger partial charge on any atom is 0.133 e. The first-order valence-corrected chi connectivity index (χ1v) is 7.76. The largest absolute Gasteiger partial charge is 0.314 e. The molecule has 0 aliphatic carbocycles. The Balaban J connectivity index is 1.75. The average Bonchev–Trinajstić information content (AvgIpc) is 2.90. The quantitative estimate of drug-likeness (QED) is 0.942. The minimum atomic E-state index is -0.205. The number of benzene rings is 1. The Morgan fingerprint density at radius 1 is 1.45 bits per heavy atom. The van der Waals surface area contributed by atoms with Crippen molar-refractivity contribution in [2.45, 2.75) is 19.5 Å². The van der Waals surface area contributed by atoms with Crippen molar-refractivity contribution in [3.63, 3.8) is 0 Å². The van der Waals surface area contributed by atoms with E-state index in [1.54, 1.807) is 12.1 Å². The van der Waals surface area contributed by atoms with E-state index in [-0.39, 0.29) is 5.82 Å². The third-order valence-electron chi connectivity index (χ3n) is 3.66. The number of rotatable bonds is 3. The molecule has 0 spiro atoms. The predicted octanol–water partition coefficient (Wildman–Crippen LogP) is 2.74. The summed E-state index contributed by atoms with van der Waals surface area (Å²) in [6.07, 6.45) is 0. The zero-order chi connectivity index (χ0) is 13.9. The summed E-state index contributed by atoms with van der Waals surface area (Å²) in [5.74, 6) is -0.205. The molecule has 106 valence electrons. The molecule has 2 heterocycles. The molecule has 5 heteroatoms. The number of nitrogens with zero attached hydrogens (tertiary/aromatic N) is 2. The summed E-state index contributed by atoms with van der Waals surface area (Å²) in [5, 5.41) is 6.18. The first-order valence-electron chi connectivity index (χ1n) is 6.88. The van der Waals surface area contributed by atoms with Gasteiger partial charge in [0.15, 0.2) is 0 Å². The molecule has 0 unspecified atom stereocenters. The van der Waals surface area contributed by atoms with Crippen LogP contribution in [0, 0.1) is 5.82 Å². The molecule has 3 nitrogen and oxygen atoms in total. The number of aromatic nitrogens is 1. The second kappa shape index (κ2) is 5.99. The van der Waals surface area contributed by atoms with E-state index in [9.17, 15) is 4.39 Å². The number of thiazole rings is 1. The van der Waals surface area contributed by atoms with Crippen molar-refractivity contribution in [3.8, 4) is 10.6 Å². The highest BCUT2D eigenvalue weighted by Gasteiger charge is 2.19. The second-order valence-electron chi connectivity index (χ2n) is 5.15. The van der Waals surface area contributed by atoms with Gasteiger partial charge in [-0.25, -0.2) is 9.37 Å². The van der Waals surface area contributed by atoms with Crippen molar-refractivity contribution in [2.75, 3.05) is 19.6 Å². The summed E-state index contributed by atoms with van der Waals surface area (Å²) < 4.78 is 13.8. The van der Waals surface area contributed by atoms with Crippen LogP contribution in [0.25, 0.3) is 10.6 Å². The summed E-state index contributed by atoms with van der Waals surface area (Å²) >= 11 is 1.51. The molecule has 1 N–H and O–H groups in total. The molecule has 0 amide bonds. The van der Waals surface area contributed by atoms with Crippen molar-refractivity contribution < 1.29 is 4.39 Å². The number of halogens is 1. The summed E-state index contributed by atoms with van der Waals surface area (Å²) in [7, 11) is 0. The molecule has 0 radical (unpaired) electrons. The van der Waals surface area contributed by atoms with E-state index in [1.165, 1.54) is 17.4 Å². The van der Waals surface area contributed by atoms with Crippen LogP contribution < -0.4 is 5.32 Å². The Labute approximate surface area is 122 Å². The minimum absolute atomic E-state index is 0.205. The maximum atomic E-state index is 13.8.